The molecule has 4 amide bonds. The Morgan fingerprint density at radius 2 is 1.81 bits per heavy atom. The van der Waals surface area contributed by atoms with Gasteiger partial charge in [0.1, 0.15) is 12.4 Å². The van der Waals surface area contributed by atoms with E-state index in [1.54, 1.807) is 24.3 Å². The fourth-order valence-corrected chi connectivity index (χ4v) is 3.16. The Morgan fingerprint density at radius 3 is 2.48 bits per heavy atom. The van der Waals surface area contributed by atoms with Crippen LogP contribution in [0.3, 0.4) is 0 Å². The van der Waals surface area contributed by atoms with Gasteiger partial charge >= 0.3 is 6.03 Å². The van der Waals surface area contributed by atoms with Gasteiger partial charge in [0.05, 0.1) is 18.8 Å². The molecule has 0 aromatic heterocycles. The van der Waals surface area contributed by atoms with E-state index in [4.69, 9.17) is 4.74 Å². The molecule has 1 fully saturated rings. The topological polar surface area (TPSA) is 87.7 Å². The van der Waals surface area contributed by atoms with Gasteiger partial charge in [0, 0.05) is 5.69 Å². The second-order valence-corrected chi connectivity index (χ2v) is 6.70. The minimum absolute atomic E-state index is 0.162. The average Bonchev–Trinajstić information content (AvgIpc) is 2.99. The van der Waals surface area contributed by atoms with Crippen LogP contribution in [0, 0.1) is 0 Å². The number of carbonyl (C=O) groups excluding carboxylic acids is 3. The second kappa shape index (κ2) is 9.09. The highest BCUT2D eigenvalue weighted by Crippen LogP contribution is 2.22. The number of hydrogen-bond donors (Lipinski definition) is 2. The summed E-state index contributed by atoms with van der Waals surface area (Å²) in [7, 11) is 0. The molecular weight excluding hydrogens is 366 g/mol. The van der Waals surface area contributed by atoms with Crippen molar-refractivity contribution in [3.05, 3.63) is 60.2 Å². The van der Waals surface area contributed by atoms with Crippen LogP contribution in [-0.4, -0.2) is 41.0 Å². The smallest absolute Gasteiger partial charge is 0.319 e. The third-order valence-corrected chi connectivity index (χ3v) is 4.65. The maximum Gasteiger partial charge on any atom is 0.319 e. The predicted octanol–water partition coefficient (Wildman–Crippen LogP) is 3.08. The van der Waals surface area contributed by atoms with Gasteiger partial charge in [-0.15, -0.1) is 0 Å². The summed E-state index contributed by atoms with van der Waals surface area (Å²) in [5.74, 6) is 0.702. The lowest BCUT2D eigenvalue weighted by Gasteiger charge is -2.13. The Morgan fingerprint density at radius 1 is 1.07 bits per heavy atom. The molecule has 2 aromatic rings. The number of anilines is 1. The third kappa shape index (κ3) is 5.49. The molecule has 140 valence electrons. The van der Waals surface area contributed by atoms with E-state index in [0.717, 1.165) is 23.0 Å². The van der Waals surface area contributed by atoms with E-state index < -0.39 is 0 Å². The number of rotatable bonds is 7. The summed E-state index contributed by atoms with van der Waals surface area (Å²) in [5, 5.41) is 5.23. The first-order valence-electron chi connectivity index (χ1n) is 8.40. The second-order valence-electron chi connectivity index (χ2n) is 5.77. The standard InChI is InChI=1S/C19H19N3O4S/c23-17-13-27-19(25)22(17)12-14-6-8-16(9-7-14)26-11-10-20-18(24)21-15-4-2-1-3-5-15/h1-9H,10-13H2,(H2,20,21,24). The lowest BCUT2D eigenvalue weighted by molar-refractivity contribution is -0.125. The highest BCUT2D eigenvalue weighted by Gasteiger charge is 2.29. The van der Waals surface area contributed by atoms with E-state index in [1.165, 1.54) is 4.90 Å². The van der Waals surface area contributed by atoms with Crippen molar-refractivity contribution >= 4 is 34.6 Å². The van der Waals surface area contributed by atoms with Crippen LogP contribution in [-0.2, 0) is 11.3 Å². The molecule has 0 spiro atoms. The molecule has 0 saturated carbocycles. The first-order valence-corrected chi connectivity index (χ1v) is 9.39. The highest BCUT2D eigenvalue weighted by atomic mass is 32.2. The van der Waals surface area contributed by atoms with Crippen molar-refractivity contribution in [1.29, 1.82) is 0 Å². The highest BCUT2D eigenvalue weighted by molar-refractivity contribution is 8.14. The zero-order chi connectivity index (χ0) is 19.1. The molecule has 2 N–H and O–H groups in total. The molecule has 0 unspecified atom stereocenters. The number of benzene rings is 2. The predicted molar refractivity (Wildman–Crippen MR) is 104 cm³/mol. The molecule has 1 aliphatic rings. The van der Waals surface area contributed by atoms with Crippen molar-refractivity contribution in [2.45, 2.75) is 6.54 Å². The van der Waals surface area contributed by atoms with Crippen LogP contribution in [0.15, 0.2) is 54.6 Å². The number of para-hydroxylation sites is 1. The fourth-order valence-electron chi connectivity index (χ4n) is 2.44. The number of nitrogens with zero attached hydrogens (tertiary/aromatic N) is 1. The van der Waals surface area contributed by atoms with E-state index >= 15 is 0 Å². The fraction of sp³-hybridized carbons (Fsp3) is 0.211. The minimum Gasteiger partial charge on any atom is -0.492 e. The van der Waals surface area contributed by atoms with Gasteiger partial charge in [-0.1, -0.05) is 42.1 Å². The summed E-state index contributed by atoms with van der Waals surface area (Å²) < 4.78 is 5.58. The molecule has 1 saturated heterocycles. The van der Waals surface area contributed by atoms with E-state index in [0.29, 0.717) is 18.9 Å². The van der Waals surface area contributed by atoms with Crippen LogP contribution in [0.2, 0.25) is 0 Å². The molecule has 0 aliphatic carbocycles. The lowest BCUT2D eigenvalue weighted by Crippen LogP contribution is -2.32. The molecule has 27 heavy (non-hydrogen) atoms. The van der Waals surface area contributed by atoms with Crippen molar-refractivity contribution in [3.63, 3.8) is 0 Å². The average molecular weight is 385 g/mol. The number of amides is 4. The van der Waals surface area contributed by atoms with Crippen molar-refractivity contribution < 1.29 is 19.1 Å². The van der Waals surface area contributed by atoms with Crippen LogP contribution in [0.25, 0.3) is 0 Å². The van der Waals surface area contributed by atoms with Gasteiger partial charge in [-0.3, -0.25) is 14.5 Å². The number of urea groups is 1. The van der Waals surface area contributed by atoms with Gasteiger partial charge < -0.3 is 15.4 Å². The van der Waals surface area contributed by atoms with Crippen molar-refractivity contribution in [2.75, 3.05) is 24.2 Å². The Balaban J connectivity index is 1.38. The van der Waals surface area contributed by atoms with Crippen molar-refractivity contribution in [2.24, 2.45) is 0 Å². The Hall–Kier alpha value is -3.00. The molecule has 1 heterocycles. The maximum absolute atomic E-state index is 11.7. The minimum atomic E-state index is -0.294. The lowest BCUT2D eigenvalue weighted by atomic mass is 10.2. The molecule has 0 bridgehead atoms. The van der Waals surface area contributed by atoms with Gasteiger partial charge in [-0.25, -0.2) is 4.79 Å². The number of carbonyl (C=O) groups is 3. The number of nitrogens with one attached hydrogen (secondary N) is 2. The van der Waals surface area contributed by atoms with Crippen LogP contribution < -0.4 is 15.4 Å². The van der Waals surface area contributed by atoms with Crippen molar-refractivity contribution in [1.82, 2.24) is 10.2 Å². The number of hydrogen-bond acceptors (Lipinski definition) is 5. The summed E-state index contributed by atoms with van der Waals surface area (Å²) in [6.45, 7) is 0.946. The van der Waals surface area contributed by atoms with Crippen LogP contribution in [0.1, 0.15) is 5.56 Å². The first-order chi connectivity index (χ1) is 13.1. The van der Waals surface area contributed by atoms with Crippen LogP contribution in [0.4, 0.5) is 15.3 Å². The van der Waals surface area contributed by atoms with Crippen LogP contribution >= 0.6 is 11.8 Å². The Labute approximate surface area is 161 Å². The zero-order valence-corrected chi connectivity index (χ0v) is 15.3. The summed E-state index contributed by atoms with van der Waals surface area (Å²) in [4.78, 5) is 36.2. The largest absolute Gasteiger partial charge is 0.492 e. The molecule has 0 radical (unpaired) electrons. The summed E-state index contributed by atoms with van der Waals surface area (Å²) in [5.41, 5.74) is 1.58. The Kier molecular flexibility index (Phi) is 6.32. The summed E-state index contributed by atoms with van der Waals surface area (Å²) in [6, 6.07) is 16.1. The normalized spacial score (nSPS) is 13.6. The van der Waals surface area contributed by atoms with Crippen LogP contribution in [0.5, 0.6) is 5.75 Å². The molecule has 8 heteroatoms. The Bertz CT molecular complexity index is 795. The number of imide groups is 1. The molecule has 3 rings (SSSR count). The first kappa shape index (κ1) is 18.8. The van der Waals surface area contributed by atoms with Gasteiger partial charge in [0.2, 0.25) is 5.91 Å². The molecule has 1 aliphatic heterocycles. The van der Waals surface area contributed by atoms with Gasteiger partial charge in [-0.05, 0) is 29.8 Å². The SMILES string of the molecule is O=C(NCCOc1ccc(CN2C(=O)CSC2=O)cc1)Nc1ccccc1. The summed E-state index contributed by atoms with van der Waals surface area (Å²) >= 11 is 1.03. The van der Waals surface area contributed by atoms with Crippen molar-refractivity contribution in [3.8, 4) is 5.75 Å². The van der Waals surface area contributed by atoms with E-state index in [-0.39, 0.29) is 29.5 Å². The molecule has 2 aromatic carbocycles. The third-order valence-electron chi connectivity index (χ3n) is 3.79. The zero-order valence-electron chi connectivity index (χ0n) is 14.5. The molecule has 0 atom stereocenters. The van der Waals surface area contributed by atoms with Gasteiger partial charge in [0.15, 0.2) is 0 Å². The van der Waals surface area contributed by atoms with Gasteiger partial charge in [0.25, 0.3) is 5.24 Å². The van der Waals surface area contributed by atoms with E-state index in [1.807, 2.05) is 30.3 Å². The summed E-state index contributed by atoms with van der Waals surface area (Å²) in [6.07, 6.45) is 0. The van der Waals surface area contributed by atoms with Gasteiger partial charge in [-0.2, -0.15) is 0 Å². The molecule has 7 nitrogen and oxygen atoms in total. The van der Waals surface area contributed by atoms with E-state index in [9.17, 15) is 14.4 Å². The monoisotopic (exact) mass is 385 g/mol. The van der Waals surface area contributed by atoms with E-state index in [2.05, 4.69) is 10.6 Å². The molecular formula is C19H19N3O4S. The number of ether oxygens (including phenoxy) is 1. The number of thioether (sulfide) groups is 1. The maximum atomic E-state index is 11.7. The quantitative estimate of drug-likeness (QED) is 0.715.